The number of halogens is 1. The normalized spacial score (nSPS) is 15.0. The summed E-state index contributed by atoms with van der Waals surface area (Å²) in [5, 5.41) is 8.78. The third-order valence-corrected chi connectivity index (χ3v) is 5.51. The molecular formula is C17H18BrN3OS2. The SMILES string of the molecule is O=C(NC(=S)Nc1nc(-c2cccc(Br)c2)cs1)C1CCCCC1. The molecular weight excluding hydrogens is 406 g/mol. The maximum Gasteiger partial charge on any atom is 0.229 e. The molecule has 3 rings (SSSR count). The number of carbonyl (C=O) groups is 1. The number of thiocarbonyl (C=S) groups is 1. The van der Waals surface area contributed by atoms with Gasteiger partial charge in [-0.2, -0.15) is 0 Å². The lowest BCUT2D eigenvalue weighted by Gasteiger charge is -2.20. The summed E-state index contributed by atoms with van der Waals surface area (Å²) in [7, 11) is 0. The first-order valence-electron chi connectivity index (χ1n) is 7.95. The Kier molecular flexibility index (Phi) is 5.97. The second kappa shape index (κ2) is 8.18. The van der Waals surface area contributed by atoms with Crippen molar-refractivity contribution in [1.29, 1.82) is 0 Å². The first kappa shape index (κ1) is 17.5. The van der Waals surface area contributed by atoms with Crippen molar-refractivity contribution in [3.05, 3.63) is 34.1 Å². The van der Waals surface area contributed by atoms with Gasteiger partial charge in [-0.25, -0.2) is 4.98 Å². The van der Waals surface area contributed by atoms with E-state index in [-0.39, 0.29) is 11.8 Å². The molecule has 2 aromatic rings. The van der Waals surface area contributed by atoms with E-state index >= 15 is 0 Å². The molecule has 1 fully saturated rings. The zero-order chi connectivity index (χ0) is 16.9. The van der Waals surface area contributed by atoms with Crippen molar-refractivity contribution < 1.29 is 4.79 Å². The summed E-state index contributed by atoms with van der Waals surface area (Å²) in [5.74, 6) is 0.114. The van der Waals surface area contributed by atoms with Crippen LogP contribution in [0.2, 0.25) is 0 Å². The van der Waals surface area contributed by atoms with Crippen LogP contribution in [0.5, 0.6) is 0 Å². The maximum absolute atomic E-state index is 12.2. The average molecular weight is 424 g/mol. The molecule has 2 N–H and O–H groups in total. The van der Waals surface area contributed by atoms with Crippen LogP contribution >= 0.6 is 39.5 Å². The topological polar surface area (TPSA) is 54.0 Å². The molecule has 24 heavy (non-hydrogen) atoms. The van der Waals surface area contributed by atoms with Crippen molar-refractivity contribution in [2.45, 2.75) is 32.1 Å². The third-order valence-electron chi connectivity index (χ3n) is 4.06. The van der Waals surface area contributed by atoms with Crippen LogP contribution in [0.15, 0.2) is 34.1 Å². The van der Waals surface area contributed by atoms with Crippen LogP contribution in [0.4, 0.5) is 5.13 Å². The van der Waals surface area contributed by atoms with E-state index in [4.69, 9.17) is 12.2 Å². The Morgan fingerprint density at radius 2 is 2.08 bits per heavy atom. The van der Waals surface area contributed by atoms with Crippen LogP contribution in [0, 0.1) is 5.92 Å². The number of nitrogens with one attached hydrogen (secondary N) is 2. The van der Waals surface area contributed by atoms with Gasteiger partial charge in [0.2, 0.25) is 5.91 Å². The number of hydrogen-bond donors (Lipinski definition) is 2. The fraction of sp³-hybridized carbons (Fsp3) is 0.353. The van der Waals surface area contributed by atoms with Crippen molar-refractivity contribution in [3.8, 4) is 11.3 Å². The molecule has 0 atom stereocenters. The predicted molar refractivity (Wildman–Crippen MR) is 106 cm³/mol. The van der Waals surface area contributed by atoms with Crippen LogP contribution in [0.25, 0.3) is 11.3 Å². The van der Waals surface area contributed by atoms with E-state index in [0.29, 0.717) is 10.2 Å². The Labute approximate surface area is 159 Å². The lowest BCUT2D eigenvalue weighted by atomic mass is 9.89. The molecule has 0 unspecified atom stereocenters. The van der Waals surface area contributed by atoms with Gasteiger partial charge in [-0.15, -0.1) is 11.3 Å². The summed E-state index contributed by atoms with van der Waals surface area (Å²) in [6.07, 6.45) is 5.39. The van der Waals surface area contributed by atoms with Gasteiger partial charge in [-0.3, -0.25) is 4.79 Å². The third kappa shape index (κ3) is 4.62. The van der Waals surface area contributed by atoms with E-state index in [0.717, 1.165) is 41.4 Å². The molecule has 1 aliphatic rings. The number of anilines is 1. The van der Waals surface area contributed by atoms with E-state index in [1.165, 1.54) is 17.8 Å². The smallest absolute Gasteiger partial charge is 0.229 e. The van der Waals surface area contributed by atoms with Crippen LogP contribution in [-0.4, -0.2) is 16.0 Å². The molecule has 1 aromatic heterocycles. The van der Waals surface area contributed by atoms with E-state index in [1.807, 2.05) is 29.6 Å². The van der Waals surface area contributed by atoms with Crippen molar-refractivity contribution >= 4 is 55.6 Å². The molecule has 0 aliphatic heterocycles. The average Bonchev–Trinajstić information content (AvgIpc) is 3.04. The van der Waals surface area contributed by atoms with Crippen LogP contribution in [0.3, 0.4) is 0 Å². The molecule has 1 heterocycles. The summed E-state index contributed by atoms with van der Waals surface area (Å²) in [5.41, 5.74) is 1.91. The van der Waals surface area contributed by atoms with Crippen LogP contribution in [0.1, 0.15) is 32.1 Å². The number of nitrogens with zero attached hydrogens (tertiary/aromatic N) is 1. The van der Waals surface area contributed by atoms with Gasteiger partial charge in [0.25, 0.3) is 0 Å². The summed E-state index contributed by atoms with van der Waals surface area (Å²) in [6, 6.07) is 7.97. The lowest BCUT2D eigenvalue weighted by molar-refractivity contribution is -0.124. The van der Waals surface area contributed by atoms with Crippen LogP contribution in [-0.2, 0) is 4.79 Å². The number of hydrogen-bond acceptors (Lipinski definition) is 4. The Morgan fingerprint density at radius 3 is 2.83 bits per heavy atom. The molecule has 126 valence electrons. The molecule has 1 amide bonds. The van der Waals surface area contributed by atoms with E-state index in [2.05, 4.69) is 31.5 Å². The second-order valence-electron chi connectivity index (χ2n) is 5.83. The number of thiazole rings is 1. The highest BCUT2D eigenvalue weighted by Gasteiger charge is 2.21. The summed E-state index contributed by atoms with van der Waals surface area (Å²) >= 11 is 10.2. The van der Waals surface area contributed by atoms with Gasteiger partial charge in [-0.05, 0) is 37.2 Å². The lowest BCUT2D eigenvalue weighted by Crippen LogP contribution is -2.38. The van der Waals surface area contributed by atoms with E-state index in [1.54, 1.807) is 0 Å². The number of rotatable bonds is 3. The standard InChI is InChI=1S/C17H18BrN3OS2/c18-13-8-4-7-12(9-13)14-10-24-17(19-14)21-16(23)20-15(22)11-5-2-1-3-6-11/h4,7-11H,1-3,5-6H2,(H2,19,20,21,22,23). The summed E-state index contributed by atoms with van der Waals surface area (Å²) in [6.45, 7) is 0. The van der Waals surface area contributed by atoms with Crippen molar-refractivity contribution in [1.82, 2.24) is 10.3 Å². The first-order valence-corrected chi connectivity index (χ1v) is 10.0. The highest BCUT2D eigenvalue weighted by molar-refractivity contribution is 9.10. The van der Waals surface area contributed by atoms with Gasteiger partial charge in [0.15, 0.2) is 10.2 Å². The van der Waals surface area contributed by atoms with Gasteiger partial charge in [0, 0.05) is 21.3 Å². The van der Waals surface area contributed by atoms with E-state index in [9.17, 15) is 4.79 Å². The fourth-order valence-corrected chi connectivity index (χ4v) is 4.20. The quantitative estimate of drug-likeness (QED) is 0.684. The second-order valence-corrected chi connectivity index (χ2v) is 8.01. The zero-order valence-corrected chi connectivity index (χ0v) is 16.3. The Morgan fingerprint density at radius 1 is 1.29 bits per heavy atom. The minimum Gasteiger partial charge on any atom is -0.308 e. The fourth-order valence-electron chi connectivity index (χ4n) is 2.82. The Hall–Kier alpha value is -1.31. The number of benzene rings is 1. The Balaban J connectivity index is 1.58. The molecule has 0 bridgehead atoms. The zero-order valence-electron chi connectivity index (χ0n) is 13.0. The number of amides is 1. The number of carbonyl (C=O) groups excluding carboxylic acids is 1. The predicted octanol–water partition coefficient (Wildman–Crippen LogP) is 4.97. The molecule has 1 aliphatic carbocycles. The molecule has 0 spiro atoms. The number of aromatic nitrogens is 1. The summed E-state index contributed by atoms with van der Waals surface area (Å²) in [4.78, 5) is 16.7. The highest BCUT2D eigenvalue weighted by Crippen LogP contribution is 2.27. The minimum absolute atomic E-state index is 0.0240. The maximum atomic E-state index is 12.2. The van der Waals surface area contributed by atoms with Crippen LogP contribution < -0.4 is 10.6 Å². The van der Waals surface area contributed by atoms with Gasteiger partial charge >= 0.3 is 0 Å². The van der Waals surface area contributed by atoms with Gasteiger partial charge < -0.3 is 10.6 Å². The molecule has 4 nitrogen and oxygen atoms in total. The molecule has 1 aromatic carbocycles. The highest BCUT2D eigenvalue weighted by atomic mass is 79.9. The van der Waals surface area contributed by atoms with Gasteiger partial charge in [-0.1, -0.05) is 47.3 Å². The molecule has 1 saturated carbocycles. The molecule has 0 radical (unpaired) electrons. The van der Waals surface area contributed by atoms with Crippen molar-refractivity contribution in [2.24, 2.45) is 5.92 Å². The van der Waals surface area contributed by atoms with Gasteiger partial charge in [0.1, 0.15) is 0 Å². The monoisotopic (exact) mass is 423 g/mol. The van der Waals surface area contributed by atoms with E-state index < -0.39 is 0 Å². The Bertz CT molecular complexity index is 741. The summed E-state index contributed by atoms with van der Waals surface area (Å²) < 4.78 is 1.01. The first-order chi connectivity index (χ1) is 11.6. The van der Waals surface area contributed by atoms with Gasteiger partial charge in [0.05, 0.1) is 5.69 Å². The molecule has 7 heteroatoms. The van der Waals surface area contributed by atoms with Crippen molar-refractivity contribution in [2.75, 3.05) is 5.32 Å². The largest absolute Gasteiger partial charge is 0.308 e. The minimum atomic E-state index is 0.0240. The van der Waals surface area contributed by atoms with Crippen molar-refractivity contribution in [3.63, 3.8) is 0 Å². The molecule has 0 saturated heterocycles.